The monoisotopic (exact) mass is 232 g/mol. The van der Waals surface area contributed by atoms with Crippen molar-refractivity contribution in [3.05, 3.63) is 48.7 Å². The van der Waals surface area contributed by atoms with Crippen LogP contribution in [0.25, 0.3) is 0 Å². The van der Waals surface area contributed by atoms with Crippen molar-refractivity contribution >= 4 is 6.03 Å². The van der Waals surface area contributed by atoms with Gasteiger partial charge in [-0.1, -0.05) is 36.9 Å². The smallest absolute Gasteiger partial charge is 0.317 e. The van der Waals surface area contributed by atoms with Crippen molar-refractivity contribution < 1.29 is 9.53 Å². The van der Waals surface area contributed by atoms with E-state index in [-0.39, 0.29) is 12.1 Å². The van der Waals surface area contributed by atoms with Gasteiger partial charge in [0, 0.05) is 13.1 Å². The molecule has 0 aromatic heterocycles. The number of nitrogens with one attached hydrogen (secondary N) is 1. The maximum atomic E-state index is 11.5. The summed E-state index contributed by atoms with van der Waals surface area (Å²) in [5.41, 5.74) is 1.05. The first kappa shape index (κ1) is 11.5. The Kier molecular flexibility index (Phi) is 3.65. The summed E-state index contributed by atoms with van der Waals surface area (Å²) in [7, 11) is 0. The number of rotatable bonds is 5. The minimum atomic E-state index is -0.155. The number of carbonyl (C=O) groups is 1. The minimum Gasteiger partial charge on any atom is -0.492 e. The molecule has 1 heterocycles. The Labute approximate surface area is 101 Å². The van der Waals surface area contributed by atoms with E-state index in [0.717, 1.165) is 12.1 Å². The Balaban J connectivity index is 2.07. The van der Waals surface area contributed by atoms with Gasteiger partial charge in [-0.2, -0.15) is 0 Å². The van der Waals surface area contributed by atoms with Gasteiger partial charge in [0.15, 0.2) is 0 Å². The van der Waals surface area contributed by atoms with Crippen LogP contribution in [0.15, 0.2) is 43.2 Å². The molecular formula is C13H16N2O2. The number of carbonyl (C=O) groups excluding carboxylic acids is 1. The molecule has 0 bridgehead atoms. The number of ether oxygens (including phenoxy) is 1. The first-order valence-corrected chi connectivity index (χ1v) is 5.65. The Morgan fingerprint density at radius 2 is 2.24 bits per heavy atom. The van der Waals surface area contributed by atoms with E-state index < -0.39 is 0 Å². The fourth-order valence-corrected chi connectivity index (χ4v) is 1.90. The highest BCUT2D eigenvalue weighted by Crippen LogP contribution is 2.19. The predicted molar refractivity (Wildman–Crippen MR) is 65.4 cm³/mol. The van der Waals surface area contributed by atoms with Crippen molar-refractivity contribution in [2.45, 2.75) is 6.10 Å². The zero-order valence-electron chi connectivity index (χ0n) is 9.63. The molecule has 0 saturated carbocycles. The number of amides is 2. The Bertz CT molecular complexity index is 392. The zero-order valence-corrected chi connectivity index (χ0v) is 9.63. The van der Waals surface area contributed by atoms with E-state index in [9.17, 15) is 4.79 Å². The van der Waals surface area contributed by atoms with E-state index >= 15 is 0 Å². The summed E-state index contributed by atoms with van der Waals surface area (Å²) in [6, 6.07) is 9.82. The fraction of sp³-hybridized carbons (Fsp3) is 0.308. The highest BCUT2D eigenvalue weighted by atomic mass is 16.5. The second-order valence-corrected chi connectivity index (χ2v) is 3.88. The van der Waals surface area contributed by atoms with Crippen LogP contribution in [0.1, 0.15) is 11.7 Å². The summed E-state index contributed by atoms with van der Waals surface area (Å²) in [5, 5.41) is 2.77. The van der Waals surface area contributed by atoms with E-state index in [4.69, 9.17) is 4.74 Å². The molecule has 4 nitrogen and oxygen atoms in total. The van der Waals surface area contributed by atoms with Crippen LogP contribution in [-0.2, 0) is 4.74 Å². The van der Waals surface area contributed by atoms with E-state index in [1.807, 2.05) is 30.3 Å². The second-order valence-electron chi connectivity index (χ2n) is 3.88. The molecule has 1 saturated heterocycles. The van der Waals surface area contributed by atoms with Crippen molar-refractivity contribution in [3.8, 4) is 0 Å². The molecule has 0 aliphatic carbocycles. The molecule has 2 rings (SSSR count). The summed E-state index contributed by atoms with van der Waals surface area (Å²) in [5.74, 6) is 0. The predicted octanol–water partition coefficient (Wildman–Crippen LogP) is 1.91. The van der Waals surface area contributed by atoms with Gasteiger partial charge in [0.25, 0.3) is 0 Å². The molecule has 2 amide bonds. The third kappa shape index (κ3) is 2.78. The van der Waals surface area contributed by atoms with Crippen LogP contribution in [0, 0.1) is 0 Å². The van der Waals surface area contributed by atoms with Gasteiger partial charge in [-0.05, 0) is 5.56 Å². The van der Waals surface area contributed by atoms with Crippen LogP contribution < -0.4 is 5.32 Å². The summed E-state index contributed by atoms with van der Waals surface area (Å²) in [6.07, 6.45) is 1.27. The van der Waals surface area contributed by atoms with E-state index in [1.54, 1.807) is 4.90 Å². The Morgan fingerprint density at radius 1 is 1.47 bits per heavy atom. The molecule has 4 heteroatoms. The quantitative estimate of drug-likeness (QED) is 0.788. The van der Waals surface area contributed by atoms with Gasteiger partial charge in [-0.3, -0.25) is 0 Å². The SMILES string of the molecule is C=COC(CN1CCNC1=O)c1ccccc1. The van der Waals surface area contributed by atoms with Crippen molar-refractivity contribution in [2.75, 3.05) is 19.6 Å². The first-order valence-electron chi connectivity index (χ1n) is 5.65. The minimum absolute atomic E-state index is 0.0291. The molecule has 1 aliphatic heterocycles. The van der Waals surface area contributed by atoms with Crippen molar-refractivity contribution in [1.82, 2.24) is 10.2 Å². The molecule has 1 unspecified atom stereocenters. The highest BCUT2D eigenvalue weighted by molar-refractivity contribution is 5.76. The largest absolute Gasteiger partial charge is 0.492 e. The van der Waals surface area contributed by atoms with Gasteiger partial charge in [-0.25, -0.2) is 4.79 Å². The molecule has 1 fully saturated rings. The average Bonchev–Trinajstić information content (AvgIpc) is 2.76. The van der Waals surface area contributed by atoms with Crippen molar-refractivity contribution in [2.24, 2.45) is 0 Å². The standard InChI is InChI=1S/C13H16N2O2/c1-2-17-12(11-6-4-3-5-7-11)10-15-9-8-14-13(15)16/h2-7,12H,1,8-10H2,(H,14,16). The molecule has 1 aliphatic rings. The normalized spacial score (nSPS) is 16.5. The van der Waals surface area contributed by atoms with Crippen LogP contribution in [0.4, 0.5) is 4.79 Å². The van der Waals surface area contributed by atoms with Crippen LogP contribution in [0.5, 0.6) is 0 Å². The molecule has 0 spiro atoms. The van der Waals surface area contributed by atoms with Crippen LogP contribution in [0.3, 0.4) is 0 Å². The lowest BCUT2D eigenvalue weighted by Crippen LogP contribution is -2.32. The third-order valence-electron chi connectivity index (χ3n) is 2.76. The lowest BCUT2D eigenvalue weighted by Gasteiger charge is -2.22. The van der Waals surface area contributed by atoms with Crippen LogP contribution in [-0.4, -0.2) is 30.6 Å². The van der Waals surface area contributed by atoms with Gasteiger partial charge in [0.05, 0.1) is 12.8 Å². The second kappa shape index (κ2) is 5.39. The topological polar surface area (TPSA) is 41.6 Å². The molecule has 1 atom stereocenters. The van der Waals surface area contributed by atoms with Crippen LogP contribution in [0.2, 0.25) is 0 Å². The fourth-order valence-electron chi connectivity index (χ4n) is 1.90. The van der Waals surface area contributed by atoms with Crippen molar-refractivity contribution in [3.63, 3.8) is 0 Å². The van der Waals surface area contributed by atoms with Gasteiger partial charge in [0.2, 0.25) is 0 Å². The maximum absolute atomic E-state index is 11.5. The van der Waals surface area contributed by atoms with Crippen molar-refractivity contribution in [1.29, 1.82) is 0 Å². The maximum Gasteiger partial charge on any atom is 0.317 e. The Hall–Kier alpha value is -1.97. The molecule has 17 heavy (non-hydrogen) atoms. The molecular weight excluding hydrogens is 216 g/mol. The van der Waals surface area contributed by atoms with Gasteiger partial charge >= 0.3 is 6.03 Å². The van der Waals surface area contributed by atoms with Gasteiger partial charge in [0.1, 0.15) is 6.10 Å². The van der Waals surface area contributed by atoms with E-state index in [1.165, 1.54) is 6.26 Å². The van der Waals surface area contributed by atoms with Gasteiger partial charge in [-0.15, -0.1) is 0 Å². The first-order chi connectivity index (χ1) is 8.31. The Morgan fingerprint density at radius 3 is 2.82 bits per heavy atom. The van der Waals surface area contributed by atoms with Crippen LogP contribution >= 0.6 is 0 Å². The molecule has 0 radical (unpaired) electrons. The third-order valence-corrected chi connectivity index (χ3v) is 2.76. The highest BCUT2D eigenvalue weighted by Gasteiger charge is 2.24. The molecule has 1 aromatic carbocycles. The molecule has 1 aromatic rings. The summed E-state index contributed by atoms with van der Waals surface area (Å²) in [4.78, 5) is 13.2. The summed E-state index contributed by atoms with van der Waals surface area (Å²) in [6.45, 7) is 5.55. The van der Waals surface area contributed by atoms with E-state index in [2.05, 4.69) is 11.9 Å². The number of benzene rings is 1. The number of hydrogen-bond acceptors (Lipinski definition) is 2. The summed E-state index contributed by atoms with van der Waals surface area (Å²) >= 11 is 0. The van der Waals surface area contributed by atoms with E-state index in [0.29, 0.717) is 13.1 Å². The number of hydrogen-bond donors (Lipinski definition) is 1. The lowest BCUT2D eigenvalue weighted by molar-refractivity contribution is 0.112. The number of nitrogens with zero attached hydrogens (tertiary/aromatic N) is 1. The lowest BCUT2D eigenvalue weighted by atomic mass is 10.1. The number of urea groups is 1. The molecule has 90 valence electrons. The summed E-state index contributed by atoms with van der Waals surface area (Å²) < 4.78 is 5.48. The average molecular weight is 232 g/mol. The zero-order chi connectivity index (χ0) is 12.1. The van der Waals surface area contributed by atoms with Gasteiger partial charge < -0.3 is 15.0 Å². The molecule has 1 N–H and O–H groups in total.